The van der Waals surface area contributed by atoms with E-state index in [4.69, 9.17) is 10.5 Å². The molecule has 0 aliphatic carbocycles. The number of hydrogen-bond acceptors (Lipinski definition) is 5. The van der Waals surface area contributed by atoms with Gasteiger partial charge in [-0.2, -0.15) is 11.8 Å². The molecular weight excluding hydrogens is 296 g/mol. The number of nitrogens with one attached hydrogen (secondary N) is 1. The summed E-state index contributed by atoms with van der Waals surface area (Å²) in [6.07, 6.45) is 1.06. The van der Waals surface area contributed by atoms with Gasteiger partial charge in [-0.05, 0) is 41.5 Å². The highest BCUT2D eigenvalue weighted by atomic mass is 32.2. The van der Waals surface area contributed by atoms with E-state index in [9.17, 15) is 8.42 Å². The van der Waals surface area contributed by atoms with Crippen LogP contribution in [0.2, 0.25) is 0 Å². The smallest absolute Gasteiger partial charge is 0.244 e. The molecular formula is C13H20N2O3S2. The second kappa shape index (κ2) is 6.80. The summed E-state index contributed by atoms with van der Waals surface area (Å²) in [5, 5.41) is 0. The van der Waals surface area contributed by atoms with Crippen LogP contribution in [0.1, 0.15) is 12.0 Å². The predicted octanol–water partition coefficient (Wildman–Crippen LogP) is 1.19. The first kappa shape index (κ1) is 15.6. The normalized spacial score (nSPS) is 19.2. The topological polar surface area (TPSA) is 81.4 Å². The quantitative estimate of drug-likeness (QED) is 0.824. The Kier molecular flexibility index (Phi) is 5.31. The number of nitrogens with two attached hydrogens (primary N) is 1. The van der Waals surface area contributed by atoms with Crippen LogP contribution < -0.4 is 15.2 Å². The van der Waals surface area contributed by atoms with Crippen LogP contribution in [0.25, 0.3) is 0 Å². The van der Waals surface area contributed by atoms with Gasteiger partial charge in [0, 0.05) is 13.1 Å². The zero-order chi connectivity index (χ0) is 14.6. The van der Waals surface area contributed by atoms with Gasteiger partial charge in [0.2, 0.25) is 10.0 Å². The van der Waals surface area contributed by atoms with E-state index in [0.717, 1.165) is 23.5 Å². The van der Waals surface area contributed by atoms with Crippen LogP contribution in [-0.2, 0) is 16.6 Å². The summed E-state index contributed by atoms with van der Waals surface area (Å²) >= 11 is 1.87. The van der Waals surface area contributed by atoms with Crippen LogP contribution in [0.3, 0.4) is 0 Å². The third-order valence-electron chi connectivity index (χ3n) is 3.34. The summed E-state index contributed by atoms with van der Waals surface area (Å²) in [4.78, 5) is 0.161. The molecule has 0 saturated carbocycles. The molecule has 3 N–H and O–H groups in total. The highest BCUT2D eigenvalue weighted by Gasteiger charge is 2.23. The van der Waals surface area contributed by atoms with Gasteiger partial charge in [-0.1, -0.05) is 6.07 Å². The van der Waals surface area contributed by atoms with E-state index >= 15 is 0 Å². The number of methoxy groups -OCH3 is 1. The summed E-state index contributed by atoms with van der Waals surface area (Å²) in [7, 11) is -2.10. The average molecular weight is 316 g/mol. The second-order valence-electron chi connectivity index (χ2n) is 4.77. The van der Waals surface area contributed by atoms with E-state index in [1.807, 2.05) is 11.8 Å². The highest BCUT2D eigenvalue weighted by Crippen LogP contribution is 2.26. The van der Waals surface area contributed by atoms with Gasteiger partial charge in [-0.25, -0.2) is 13.1 Å². The van der Waals surface area contributed by atoms with Crippen LogP contribution in [0.5, 0.6) is 5.75 Å². The minimum absolute atomic E-state index is 0.161. The molecule has 7 heteroatoms. The Balaban J connectivity index is 2.18. The van der Waals surface area contributed by atoms with Gasteiger partial charge >= 0.3 is 0 Å². The molecule has 2 rings (SSSR count). The van der Waals surface area contributed by atoms with Crippen molar-refractivity contribution in [3.63, 3.8) is 0 Å². The molecule has 1 aliphatic rings. The molecule has 0 amide bonds. The fraction of sp³-hybridized carbons (Fsp3) is 0.538. The maximum atomic E-state index is 12.4. The molecule has 1 atom stereocenters. The summed E-state index contributed by atoms with van der Waals surface area (Å²) in [5.74, 6) is 2.88. The first-order chi connectivity index (χ1) is 9.56. The fourth-order valence-electron chi connectivity index (χ4n) is 2.11. The van der Waals surface area contributed by atoms with Gasteiger partial charge < -0.3 is 10.5 Å². The van der Waals surface area contributed by atoms with Crippen molar-refractivity contribution in [2.24, 2.45) is 11.7 Å². The summed E-state index contributed by atoms with van der Waals surface area (Å²) < 4.78 is 32.6. The van der Waals surface area contributed by atoms with Crippen molar-refractivity contribution in [3.8, 4) is 5.75 Å². The highest BCUT2D eigenvalue weighted by molar-refractivity contribution is 7.99. The lowest BCUT2D eigenvalue weighted by molar-refractivity contribution is 0.402. The van der Waals surface area contributed by atoms with Crippen LogP contribution in [0.15, 0.2) is 23.1 Å². The predicted molar refractivity (Wildman–Crippen MR) is 81.5 cm³/mol. The number of sulfonamides is 1. The van der Waals surface area contributed by atoms with E-state index < -0.39 is 10.0 Å². The van der Waals surface area contributed by atoms with Crippen molar-refractivity contribution in [3.05, 3.63) is 23.8 Å². The van der Waals surface area contributed by atoms with E-state index in [0.29, 0.717) is 24.8 Å². The summed E-state index contributed by atoms with van der Waals surface area (Å²) in [5.41, 5.74) is 6.33. The molecule has 20 heavy (non-hydrogen) atoms. The molecule has 1 saturated heterocycles. The van der Waals surface area contributed by atoms with Crippen LogP contribution in [-0.4, -0.2) is 33.6 Å². The maximum absolute atomic E-state index is 12.4. The van der Waals surface area contributed by atoms with Crippen LogP contribution >= 0.6 is 11.8 Å². The van der Waals surface area contributed by atoms with Crippen molar-refractivity contribution in [1.29, 1.82) is 0 Å². The number of rotatable bonds is 6. The van der Waals surface area contributed by atoms with Crippen molar-refractivity contribution in [2.45, 2.75) is 17.9 Å². The molecule has 0 spiro atoms. The van der Waals surface area contributed by atoms with Gasteiger partial charge in [-0.15, -0.1) is 0 Å². The van der Waals surface area contributed by atoms with Crippen molar-refractivity contribution in [1.82, 2.24) is 4.72 Å². The third-order valence-corrected chi connectivity index (χ3v) is 6.02. The third kappa shape index (κ3) is 3.66. The van der Waals surface area contributed by atoms with E-state index in [1.54, 1.807) is 18.2 Å². The Morgan fingerprint density at radius 2 is 2.30 bits per heavy atom. The zero-order valence-electron chi connectivity index (χ0n) is 11.5. The SMILES string of the molecule is COc1ccc(CN)cc1S(=O)(=O)NCC1CCSC1. The van der Waals surface area contributed by atoms with Gasteiger partial charge in [0.15, 0.2) is 0 Å². The number of thioether (sulfide) groups is 1. The van der Waals surface area contributed by atoms with Crippen molar-refractivity contribution >= 4 is 21.8 Å². The van der Waals surface area contributed by atoms with Crippen molar-refractivity contribution in [2.75, 3.05) is 25.2 Å². The first-order valence-corrected chi connectivity index (χ1v) is 9.15. The summed E-state index contributed by atoms with van der Waals surface area (Å²) in [6, 6.07) is 4.98. The molecule has 1 heterocycles. The molecule has 0 bridgehead atoms. The lowest BCUT2D eigenvalue weighted by atomic mass is 10.1. The zero-order valence-corrected chi connectivity index (χ0v) is 13.1. The fourth-order valence-corrected chi connectivity index (χ4v) is 4.73. The lowest BCUT2D eigenvalue weighted by Gasteiger charge is -2.14. The molecule has 1 unspecified atom stereocenters. The molecule has 1 aliphatic heterocycles. The van der Waals surface area contributed by atoms with Crippen LogP contribution in [0, 0.1) is 5.92 Å². The Hall–Kier alpha value is -0.760. The molecule has 1 aromatic carbocycles. The number of hydrogen-bond donors (Lipinski definition) is 2. The van der Waals surface area contributed by atoms with Crippen LogP contribution in [0.4, 0.5) is 0 Å². The van der Waals surface area contributed by atoms with E-state index in [-0.39, 0.29) is 4.90 Å². The Morgan fingerprint density at radius 1 is 1.50 bits per heavy atom. The first-order valence-electron chi connectivity index (χ1n) is 6.51. The standard InChI is InChI=1S/C13H20N2O3S2/c1-18-12-3-2-10(7-14)6-13(12)20(16,17)15-8-11-4-5-19-9-11/h2-3,6,11,15H,4-5,7-9,14H2,1H3. The number of ether oxygens (including phenoxy) is 1. The molecule has 112 valence electrons. The minimum Gasteiger partial charge on any atom is -0.495 e. The minimum atomic E-state index is -3.56. The lowest BCUT2D eigenvalue weighted by Crippen LogP contribution is -2.29. The maximum Gasteiger partial charge on any atom is 0.244 e. The molecule has 1 aromatic rings. The Morgan fingerprint density at radius 3 is 2.90 bits per heavy atom. The molecule has 1 fully saturated rings. The summed E-state index contributed by atoms with van der Waals surface area (Å²) in [6.45, 7) is 0.775. The monoisotopic (exact) mass is 316 g/mol. The van der Waals surface area contributed by atoms with Gasteiger partial charge in [0.25, 0.3) is 0 Å². The molecule has 5 nitrogen and oxygen atoms in total. The Bertz CT molecular complexity index is 555. The molecule has 0 aromatic heterocycles. The van der Waals surface area contributed by atoms with E-state index in [2.05, 4.69) is 4.72 Å². The van der Waals surface area contributed by atoms with Gasteiger partial charge in [0.1, 0.15) is 10.6 Å². The Labute approximate surface area is 124 Å². The largest absolute Gasteiger partial charge is 0.495 e. The van der Waals surface area contributed by atoms with Gasteiger partial charge in [0.05, 0.1) is 7.11 Å². The molecule has 0 radical (unpaired) electrons. The second-order valence-corrected chi connectivity index (χ2v) is 7.66. The van der Waals surface area contributed by atoms with E-state index in [1.165, 1.54) is 7.11 Å². The van der Waals surface area contributed by atoms with Crippen molar-refractivity contribution < 1.29 is 13.2 Å². The van der Waals surface area contributed by atoms with Gasteiger partial charge in [-0.3, -0.25) is 0 Å². The average Bonchev–Trinajstić information content (AvgIpc) is 2.98. The number of benzene rings is 1.